The van der Waals surface area contributed by atoms with Crippen LogP contribution in [0.25, 0.3) is 32.0 Å². The third-order valence-electron chi connectivity index (χ3n) is 4.15. The predicted octanol–water partition coefficient (Wildman–Crippen LogP) is 4.66. The first-order valence-corrected chi connectivity index (χ1v) is 10.2. The van der Waals surface area contributed by atoms with Crippen molar-refractivity contribution in [2.45, 2.75) is 6.54 Å². The second-order valence-corrected chi connectivity index (χ2v) is 7.76. The number of anilines is 2. The van der Waals surface area contributed by atoms with E-state index in [0.29, 0.717) is 18.3 Å². The lowest BCUT2D eigenvalue weighted by Crippen LogP contribution is -2.04. The minimum Gasteiger partial charge on any atom is -0.406 e. The molecule has 0 amide bonds. The standard InChI is InChI=1S/C19H14N6OS2/c20-19-25-24-14(26-19)9-21-17-15-12(11-5-2-1-3-6-11)10-28-18(15)23-16(22-17)13-7-4-8-27-13/h1-8,10H,9H2,(H2,20,25)(H,21,22,23). The molecular weight excluding hydrogens is 392 g/mol. The van der Waals surface area contributed by atoms with E-state index in [1.54, 1.807) is 22.7 Å². The number of nitrogens with two attached hydrogens (primary N) is 1. The molecule has 0 saturated carbocycles. The van der Waals surface area contributed by atoms with E-state index >= 15 is 0 Å². The lowest BCUT2D eigenvalue weighted by atomic mass is 10.1. The molecule has 3 N–H and O–H groups in total. The molecule has 0 unspecified atom stereocenters. The van der Waals surface area contributed by atoms with Gasteiger partial charge in [-0.2, -0.15) is 0 Å². The summed E-state index contributed by atoms with van der Waals surface area (Å²) >= 11 is 3.21. The van der Waals surface area contributed by atoms with E-state index in [1.807, 2.05) is 35.7 Å². The van der Waals surface area contributed by atoms with Crippen molar-refractivity contribution in [1.82, 2.24) is 20.2 Å². The molecule has 0 atom stereocenters. The van der Waals surface area contributed by atoms with Crippen molar-refractivity contribution in [2.75, 3.05) is 11.1 Å². The maximum Gasteiger partial charge on any atom is 0.312 e. The molecule has 0 radical (unpaired) electrons. The Kier molecular flexibility index (Phi) is 4.22. The molecule has 1 aromatic carbocycles. The molecule has 9 heteroatoms. The first-order chi connectivity index (χ1) is 13.8. The molecule has 28 heavy (non-hydrogen) atoms. The van der Waals surface area contributed by atoms with Crippen LogP contribution in [0.2, 0.25) is 0 Å². The Hall–Kier alpha value is -3.30. The molecule has 5 aromatic rings. The number of rotatable bonds is 5. The van der Waals surface area contributed by atoms with Gasteiger partial charge in [-0.25, -0.2) is 9.97 Å². The van der Waals surface area contributed by atoms with E-state index in [4.69, 9.17) is 20.1 Å². The summed E-state index contributed by atoms with van der Waals surface area (Å²) in [5.74, 6) is 1.82. The molecule has 4 aromatic heterocycles. The number of thiophene rings is 2. The fourth-order valence-electron chi connectivity index (χ4n) is 2.91. The van der Waals surface area contributed by atoms with Crippen LogP contribution in [-0.2, 0) is 6.54 Å². The molecule has 7 nitrogen and oxygen atoms in total. The Labute approximate surface area is 167 Å². The van der Waals surface area contributed by atoms with Crippen LogP contribution in [0.3, 0.4) is 0 Å². The molecule has 0 aliphatic carbocycles. The SMILES string of the molecule is Nc1nnc(CNc2nc(-c3cccs3)nc3scc(-c4ccccc4)c23)o1. The van der Waals surface area contributed by atoms with Crippen molar-refractivity contribution in [3.63, 3.8) is 0 Å². The van der Waals surface area contributed by atoms with E-state index in [2.05, 4.69) is 33.0 Å². The van der Waals surface area contributed by atoms with Crippen LogP contribution in [0.15, 0.2) is 57.6 Å². The molecule has 0 spiro atoms. The minimum absolute atomic E-state index is 0.0458. The highest BCUT2D eigenvalue weighted by molar-refractivity contribution is 7.17. The molecule has 0 bridgehead atoms. The summed E-state index contributed by atoms with van der Waals surface area (Å²) in [7, 11) is 0. The molecule has 0 saturated heterocycles. The highest BCUT2D eigenvalue weighted by atomic mass is 32.1. The third-order valence-corrected chi connectivity index (χ3v) is 5.89. The van der Waals surface area contributed by atoms with Gasteiger partial charge in [-0.05, 0) is 17.0 Å². The molecule has 0 aliphatic rings. The van der Waals surface area contributed by atoms with Crippen LogP contribution >= 0.6 is 22.7 Å². The molecule has 5 rings (SSSR count). The van der Waals surface area contributed by atoms with Crippen molar-refractivity contribution >= 4 is 44.7 Å². The highest BCUT2D eigenvalue weighted by Crippen LogP contribution is 2.38. The number of nitrogen functional groups attached to an aromatic ring is 1. The van der Waals surface area contributed by atoms with Crippen molar-refractivity contribution in [1.29, 1.82) is 0 Å². The summed E-state index contributed by atoms with van der Waals surface area (Å²) in [6, 6.07) is 14.3. The molecular formula is C19H14N6OS2. The van der Waals surface area contributed by atoms with E-state index in [-0.39, 0.29) is 6.01 Å². The van der Waals surface area contributed by atoms with Gasteiger partial charge in [-0.15, -0.1) is 27.8 Å². The van der Waals surface area contributed by atoms with E-state index in [9.17, 15) is 0 Å². The smallest absolute Gasteiger partial charge is 0.312 e. The van der Waals surface area contributed by atoms with Crippen molar-refractivity contribution in [3.8, 4) is 21.8 Å². The van der Waals surface area contributed by atoms with Crippen LogP contribution in [-0.4, -0.2) is 20.2 Å². The first-order valence-electron chi connectivity index (χ1n) is 8.48. The highest BCUT2D eigenvalue weighted by Gasteiger charge is 2.17. The molecule has 0 fully saturated rings. The fraction of sp³-hybridized carbons (Fsp3) is 0.0526. The van der Waals surface area contributed by atoms with Crippen molar-refractivity contribution < 1.29 is 4.42 Å². The van der Waals surface area contributed by atoms with Gasteiger partial charge in [-0.3, -0.25) is 0 Å². The van der Waals surface area contributed by atoms with E-state index in [0.717, 1.165) is 32.0 Å². The number of hydrogen-bond donors (Lipinski definition) is 2. The topological polar surface area (TPSA) is 103 Å². The van der Waals surface area contributed by atoms with Gasteiger partial charge in [-0.1, -0.05) is 41.5 Å². The van der Waals surface area contributed by atoms with E-state index in [1.165, 1.54) is 0 Å². The lowest BCUT2D eigenvalue weighted by molar-refractivity contribution is 0.519. The normalized spacial score (nSPS) is 11.1. The summed E-state index contributed by atoms with van der Waals surface area (Å²) in [5, 5.41) is 16.0. The Morgan fingerprint density at radius 1 is 1.00 bits per heavy atom. The van der Waals surface area contributed by atoms with Crippen molar-refractivity contribution in [3.05, 3.63) is 59.1 Å². The van der Waals surface area contributed by atoms with Crippen LogP contribution in [0.1, 0.15) is 5.89 Å². The third kappa shape index (κ3) is 3.10. The Bertz CT molecular complexity index is 1230. The quantitative estimate of drug-likeness (QED) is 0.437. The van der Waals surface area contributed by atoms with Crippen LogP contribution in [0, 0.1) is 0 Å². The Morgan fingerprint density at radius 2 is 1.89 bits per heavy atom. The van der Waals surface area contributed by atoms with Gasteiger partial charge in [0.1, 0.15) is 10.6 Å². The largest absolute Gasteiger partial charge is 0.406 e. The van der Waals surface area contributed by atoms with Gasteiger partial charge in [0.15, 0.2) is 5.82 Å². The van der Waals surface area contributed by atoms with Crippen LogP contribution < -0.4 is 11.1 Å². The number of benzene rings is 1. The average Bonchev–Trinajstić information content (AvgIpc) is 3.47. The fourth-order valence-corrected chi connectivity index (χ4v) is 4.52. The second-order valence-electron chi connectivity index (χ2n) is 5.96. The number of nitrogens with zero attached hydrogens (tertiary/aromatic N) is 4. The summed E-state index contributed by atoms with van der Waals surface area (Å²) in [6.07, 6.45) is 0. The van der Waals surface area contributed by atoms with Gasteiger partial charge in [0.05, 0.1) is 16.8 Å². The van der Waals surface area contributed by atoms with Crippen LogP contribution in [0.4, 0.5) is 11.8 Å². The Balaban J connectivity index is 1.63. The van der Waals surface area contributed by atoms with Crippen molar-refractivity contribution in [2.24, 2.45) is 0 Å². The molecule has 4 heterocycles. The number of fused-ring (bicyclic) bond motifs is 1. The first kappa shape index (κ1) is 16.8. The number of aromatic nitrogens is 4. The average molecular weight is 406 g/mol. The summed E-state index contributed by atoms with van der Waals surface area (Å²) in [6.45, 7) is 0.324. The van der Waals surface area contributed by atoms with Gasteiger partial charge in [0.2, 0.25) is 5.89 Å². The maximum atomic E-state index is 5.52. The molecule has 0 aliphatic heterocycles. The van der Waals surface area contributed by atoms with E-state index < -0.39 is 0 Å². The minimum atomic E-state index is 0.0458. The maximum absolute atomic E-state index is 5.52. The zero-order valence-corrected chi connectivity index (χ0v) is 16.1. The summed E-state index contributed by atoms with van der Waals surface area (Å²) in [5.41, 5.74) is 7.73. The Morgan fingerprint density at radius 3 is 2.64 bits per heavy atom. The summed E-state index contributed by atoms with van der Waals surface area (Å²) < 4.78 is 5.27. The predicted molar refractivity (Wildman–Crippen MR) is 112 cm³/mol. The van der Waals surface area contributed by atoms with Gasteiger partial charge in [0, 0.05) is 10.9 Å². The number of hydrogen-bond acceptors (Lipinski definition) is 9. The van der Waals surface area contributed by atoms with Gasteiger partial charge < -0.3 is 15.5 Å². The zero-order chi connectivity index (χ0) is 18.9. The monoisotopic (exact) mass is 406 g/mol. The molecule has 138 valence electrons. The van der Waals surface area contributed by atoms with Gasteiger partial charge >= 0.3 is 6.01 Å². The second kappa shape index (κ2) is 7.02. The zero-order valence-electron chi connectivity index (χ0n) is 14.5. The number of nitrogens with one attached hydrogen (secondary N) is 1. The van der Waals surface area contributed by atoms with Gasteiger partial charge in [0.25, 0.3) is 0 Å². The summed E-state index contributed by atoms with van der Waals surface area (Å²) in [4.78, 5) is 11.5. The lowest BCUT2D eigenvalue weighted by Gasteiger charge is -2.09. The van der Waals surface area contributed by atoms with Crippen LogP contribution in [0.5, 0.6) is 0 Å².